The van der Waals surface area contributed by atoms with Crippen LogP contribution in [-0.2, 0) is 28.6 Å². The molecule has 37 heavy (non-hydrogen) atoms. The van der Waals surface area contributed by atoms with Crippen LogP contribution in [0, 0.1) is 5.82 Å². The summed E-state index contributed by atoms with van der Waals surface area (Å²) in [7, 11) is 0. The fourth-order valence-corrected chi connectivity index (χ4v) is 4.86. The van der Waals surface area contributed by atoms with Crippen molar-refractivity contribution < 1.29 is 47.2 Å². The number of ketones is 1. The molecule has 2 heterocycles. The van der Waals surface area contributed by atoms with Crippen LogP contribution in [0.3, 0.4) is 0 Å². The van der Waals surface area contributed by atoms with E-state index in [4.69, 9.17) is 9.60 Å². The molecule has 2 atom stereocenters. The van der Waals surface area contributed by atoms with Crippen molar-refractivity contribution in [2.75, 3.05) is 6.56 Å². The quantitative estimate of drug-likeness (QED) is 0.413. The summed E-state index contributed by atoms with van der Waals surface area (Å²) in [6.45, 7) is -4.63. The number of alkyl halides is 2. The maximum atomic E-state index is 15.6. The first-order chi connectivity index (χ1) is 20.0. The number of Topliss-reactive ketones (excluding diaryl/α,β-unsaturated/α-hetero) is 1. The number of halogens is 3. The SMILES string of the molecule is [2H]C([2H])(O)[C@H](O)Cn1c(C(C)(C([2H])([2H])[2H])C([2H])([2H])C)cc2cc(CC(=O)C3(c4ccc5c(c4)OC(F)(F)O5)CC3)c(F)cc21. The molecule has 2 aliphatic rings. The molecule has 0 saturated heterocycles. The molecule has 1 aliphatic heterocycles. The molecular weight excluding hydrogens is 487 g/mol. The molecule has 6 nitrogen and oxygen atoms in total. The van der Waals surface area contributed by atoms with Gasteiger partial charge in [-0.2, -0.15) is 0 Å². The second kappa shape index (κ2) is 8.77. The molecule has 1 saturated carbocycles. The summed E-state index contributed by atoms with van der Waals surface area (Å²) in [6, 6.07) is 7.61. The molecule has 2 N–H and O–H groups in total. The topological polar surface area (TPSA) is 80.9 Å². The molecule has 1 aliphatic carbocycles. The first-order valence-corrected chi connectivity index (χ1v) is 11.7. The van der Waals surface area contributed by atoms with Gasteiger partial charge in [-0.15, -0.1) is 8.78 Å². The van der Waals surface area contributed by atoms with Crippen LogP contribution in [-0.4, -0.2) is 39.5 Å². The Morgan fingerprint density at radius 3 is 2.62 bits per heavy atom. The van der Waals surface area contributed by atoms with E-state index in [9.17, 15) is 23.8 Å². The van der Waals surface area contributed by atoms with Crippen LogP contribution >= 0.6 is 0 Å². The number of rotatable bonds is 9. The van der Waals surface area contributed by atoms with E-state index in [1.54, 1.807) is 0 Å². The highest BCUT2D eigenvalue weighted by Crippen LogP contribution is 2.52. The minimum atomic E-state index is -3.83. The standard InChI is InChI=1S/C28H30F3NO5/c1-4-26(2,3)24-10-17-9-16(20(29)13-21(17)32(24)14-19(34)15-33)11-25(35)27(7-8-27)18-5-6-22-23(12-18)37-28(30,31)36-22/h5-6,9-10,12-13,19,33-34H,4,7-8,11,14-15H2,1-3H3/t19-/m1/s1/i2D3,4D2,15D2/t19-,26?. The molecule has 0 bridgehead atoms. The van der Waals surface area contributed by atoms with E-state index < -0.39 is 67.6 Å². The van der Waals surface area contributed by atoms with Gasteiger partial charge in [-0.05, 0) is 60.7 Å². The Kier molecular flexibility index (Phi) is 4.33. The Morgan fingerprint density at radius 2 is 1.97 bits per heavy atom. The monoisotopic (exact) mass is 524 g/mol. The Hall–Kier alpha value is -3.04. The zero-order chi connectivity index (χ0) is 32.8. The van der Waals surface area contributed by atoms with Gasteiger partial charge in [0.15, 0.2) is 11.5 Å². The molecule has 0 radical (unpaired) electrons. The Bertz CT molecular complexity index is 1630. The largest absolute Gasteiger partial charge is 0.586 e. The fourth-order valence-electron chi connectivity index (χ4n) is 4.86. The highest BCUT2D eigenvalue weighted by Gasteiger charge is 2.52. The van der Waals surface area contributed by atoms with Gasteiger partial charge >= 0.3 is 6.29 Å². The summed E-state index contributed by atoms with van der Waals surface area (Å²) in [4.78, 5) is 13.5. The summed E-state index contributed by atoms with van der Waals surface area (Å²) in [5.41, 5.74) is -3.21. The number of aliphatic hydroxyl groups is 2. The lowest BCUT2D eigenvalue weighted by Crippen LogP contribution is -2.26. The first-order valence-electron chi connectivity index (χ1n) is 15.2. The van der Waals surface area contributed by atoms with Crippen molar-refractivity contribution in [1.82, 2.24) is 4.57 Å². The minimum Gasteiger partial charge on any atom is -0.395 e. The van der Waals surface area contributed by atoms with Crippen molar-refractivity contribution in [3.63, 3.8) is 0 Å². The molecule has 0 spiro atoms. The van der Waals surface area contributed by atoms with E-state index in [-0.39, 0.29) is 33.7 Å². The Labute approximate surface area is 222 Å². The number of aromatic nitrogens is 1. The van der Waals surface area contributed by atoms with Crippen LogP contribution in [0.4, 0.5) is 13.2 Å². The van der Waals surface area contributed by atoms with E-state index in [0.717, 1.165) is 24.5 Å². The molecule has 9 heteroatoms. The van der Waals surface area contributed by atoms with Gasteiger partial charge in [-0.1, -0.05) is 26.8 Å². The lowest BCUT2D eigenvalue weighted by Gasteiger charge is -2.26. The predicted molar refractivity (Wildman–Crippen MR) is 131 cm³/mol. The van der Waals surface area contributed by atoms with Gasteiger partial charge < -0.3 is 24.3 Å². The fraction of sp³-hybridized carbons (Fsp3) is 0.464. The van der Waals surface area contributed by atoms with Crippen LogP contribution in [0.5, 0.6) is 11.5 Å². The zero-order valence-electron chi connectivity index (χ0n) is 27.1. The second-order valence-corrected chi connectivity index (χ2v) is 9.67. The van der Waals surface area contributed by atoms with Gasteiger partial charge in [0.1, 0.15) is 11.6 Å². The average Bonchev–Trinajstić information content (AvgIpc) is 3.53. The van der Waals surface area contributed by atoms with E-state index >= 15 is 4.39 Å². The van der Waals surface area contributed by atoms with E-state index in [0.29, 0.717) is 18.4 Å². The van der Waals surface area contributed by atoms with Gasteiger partial charge in [0, 0.05) is 29.8 Å². The molecule has 2 aromatic carbocycles. The predicted octanol–water partition coefficient (Wildman–Crippen LogP) is 4.99. The third-order valence-corrected chi connectivity index (χ3v) is 7.17. The van der Waals surface area contributed by atoms with Crippen molar-refractivity contribution in [3.05, 3.63) is 59.0 Å². The summed E-state index contributed by atoms with van der Waals surface area (Å²) in [6.07, 6.45) is -7.98. The smallest absolute Gasteiger partial charge is 0.395 e. The molecular formula is C28H30F3NO5. The highest BCUT2D eigenvalue weighted by atomic mass is 19.3. The van der Waals surface area contributed by atoms with Gasteiger partial charge in [-0.3, -0.25) is 4.79 Å². The van der Waals surface area contributed by atoms with Gasteiger partial charge in [0.05, 0.1) is 32.9 Å². The molecule has 3 aromatic rings. The van der Waals surface area contributed by atoms with Crippen molar-refractivity contribution >= 4 is 16.7 Å². The third-order valence-electron chi connectivity index (χ3n) is 7.17. The molecule has 0 amide bonds. The third kappa shape index (κ3) is 4.48. The normalized spacial score (nSPS) is 23.5. The maximum Gasteiger partial charge on any atom is 0.586 e. The number of hydrogen-bond acceptors (Lipinski definition) is 5. The van der Waals surface area contributed by atoms with Crippen molar-refractivity contribution in [1.29, 1.82) is 0 Å². The molecule has 5 rings (SSSR count). The van der Waals surface area contributed by atoms with Gasteiger partial charge in [0.25, 0.3) is 0 Å². The lowest BCUT2D eigenvalue weighted by molar-refractivity contribution is -0.286. The summed E-state index contributed by atoms with van der Waals surface area (Å²) < 4.78 is 109. The van der Waals surface area contributed by atoms with Crippen LogP contribution in [0.2, 0.25) is 0 Å². The average molecular weight is 525 g/mol. The number of nitrogens with zero attached hydrogens (tertiary/aromatic N) is 1. The zero-order valence-corrected chi connectivity index (χ0v) is 20.1. The Balaban J connectivity index is 1.56. The van der Waals surface area contributed by atoms with Gasteiger partial charge in [0.2, 0.25) is 0 Å². The number of aliphatic hydroxyl groups excluding tert-OH is 1. The van der Waals surface area contributed by atoms with Crippen LogP contribution in [0.15, 0.2) is 36.4 Å². The highest BCUT2D eigenvalue weighted by molar-refractivity contribution is 5.95. The number of benzene rings is 2. The van der Waals surface area contributed by atoms with E-state index in [1.165, 1.54) is 30.3 Å². The molecule has 1 unspecified atom stereocenters. The van der Waals surface area contributed by atoms with Crippen molar-refractivity contribution in [2.45, 2.75) is 76.1 Å². The summed E-state index contributed by atoms with van der Waals surface area (Å²) >= 11 is 0. The molecule has 198 valence electrons. The Morgan fingerprint density at radius 1 is 1.24 bits per heavy atom. The number of carbonyl (C=O) groups excluding carboxylic acids is 1. The van der Waals surface area contributed by atoms with Crippen molar-refractivity contribution in [3.8, 4) is 11.5 Å². The number of carbonyl (C=O) groups is 1. The van der Waals surface area contributed by atoms with Crippen LogP contribution in [0.1, 0.15) is 66.3 Å². The van der Waals surface area contributed by atoms with Gasteiger partial charge in [-0.25, -0.2) is 4.39 Å². The molecule has 1 aromatic heterocycles. The lowest BCUT2D eigenvalue weighted by atomic mass is 9.86. The maximum absolute atomic E-state index is 15.6. The van der Waals surface area contributed by atoms with E-state index in [1.807, 2.05) is 0 Å². The second-order valence-electron chi connectivity index (χ2n) is 9.67. The van der Waals surface area contributed by atoms with E-state index in [2.05, 4.69) is 9.47 Å². The first kappa shape index (κ1) is 18.3. The summed E-state index contributed by atoms with van der Waals surface area (Å²) in [5, 5.41) is 20.3. The van der Waals surface area contributed by atoms with Crippen LogP contribution < -0.4 is 9.47 Å². The van der Waals surface area contributed by atoms with Crippen LogP contribution in [0.25, 0.3) is 10.9 Å². The molecule has 1 fully saturated rings. The number of hydrogen-bond donors (Lipinski definition) is 2. The minimum absolute atomic E-state index is 0.0189. The number of fused-ring (bicyclic) bond motifs is 2. The van der Waals surface area contributed by atoms with Crippen molar-refractivity contribution in [2.24, 2.45) is 0 Å². The number of ether oxygens (including phenoxy) is 2. The summed E-state index contributed by atoms with van der Waals surface area (Å²) in [5.74, 6) is -1.69.